The van der Waals surface area contributed by atoms with Gasteiger partial charge in [-0.1, -0.05) is 13.0 Å². The van der Waals surface area contributed by atoms with Crippen molar-refractivity contribution in [2.75, 3.05) is 23.8 Å². The number of rotatable bonds is 7. The van der Waals surface area contributed by atoms with Crippen LogP contribution in [-0.4, -0.2) is 53.0 Å². The molecular formula is C24H29N7O4S. The Labute approximate surface area is 210 Å². The lowest BCUT2D eigenvalue weighted by Crippen LogP contribution is -2.43. The molecule has 190 valence electrons. The number of ether oxygens (including phenoxy) is 1. The molecular weight excluding hydrogens is 482 g/mol. The zero-order chi connectivity index (χ0) is 26.1. The summed E-state index contributed by atoms with van der Waals surface area (Å²) >= 11 is 0. The minimum Gasteiger partial charge on any atom is -0.477 e. The van der Waals surface area contributed by atoms with Gasteiger partial charge in [0.1, 0.15) is 17.3 Å². The van der Waals surface area contributed by atoms with Crippen molar-refractivity contribution < 1.29 is 17.9 Å². The molecule has 12 heteroatoms. The Morgan fingerprint density at radius 1 is 1.17 bits per heavy atom. The maximum absolute atomic E-state index is 13.3. The number of pyridine rings is 2. The number of amides is 1. The number of nitrogens with zero attached hydrogens (tertiary/aromatic N) is 5. The molecule has 1 aliphatic rings. The van der Waals surface area contributed by atoms with Crippen LogP contribution in [0.3, 0.4) is 0 Å². The van der Waals surface area contributed by atoms with E-state index in [1.54, 1.807) is 18.3 Å². The fourth-order valence-electron chi connectivity index (χ4n) is 4.08. The van der Waals surface area contributed by atoms with Gasteiger partial charge >= 0.3 is 0 Å². The number of carbonyl (C=O) groups excluding carboxylic acids is 1. The first-order valence-corrected chi connectivity index (χ1v) is 13.0. The number of nitrogens with two attached hydrogens (primary N) is 1. The second-order valence-electron chi connectivity index (χ2n) is 9.07. The van der Waals surface area contributed by atoms with Gasteiger partial charge in [-0.2, -0.15) is 8.42 Å². The van der Waals surface area contributed by atoms with Gasteiger partial charge in [-0.05, 0) is 57.4 Å². The molecule has 1 atom stereocenters. The zero-order valence-electron chi connectivity index (χ0n) is 20.6. The Hall–Kier alpha value is -3.80. The number of hydrogen-bond acceptors (Lipinski definition) is 10. The lowest BCUT2D eigenvalue weighted by Gasteiger charge is -2.36. The molecule has 1 unspecified atom stereocenters. The summed E-state index contributed by atoms with van der Waals surface area (Å²) in [6.07, 6.45) is 3.96. The number of nitrogens with one attached hydrogen (secondary N) is 1. The average molecular weight is 512 g/mol. The molecule has 0 spiro atoms. The van der Waals surface area contributed by atoms with E-state index in [1.807, 2.05) is 11.8 Å². The van der Waals surface area contributed by atoms with E-state index in [2.05, 4.69) is 40.4 Å². The summed E-state index contributed by atoms with van der Waals surface area (Å²) in [5, 5.41) is -0.347. The topological polar surface area (TPSA) is 153 Å². The van der Waals surface area contributed by atoms with Crippen LogP contribution in [0.4, 0.5) is 11.6 Å². The zero-order valence-corrected chi connectivity index (χ0v) is 21.4. The number of nitrogen functional groups attached to an aromatic ring is 1. The Balaban J connectivity index is 1.77. The molecule has 0 aromatic carbocycles. The molecule has 1 amide bonds. The molecule has 0 bridgehead atoms. The summed E-state index contributed by atoms with van der Waals surface area (Å²) in [5.41, 5.74) is 6.36. The van der Waals surface area contributed by atoms with Gasteiger partial charge in [-0.25, -0.2) is 19.7 Å². The molecule has 3 N–H and O–H groups in total. The van der Waals surface area contributed by atoms with E-state index in [9.17, 15) is 13.2 Å². The van der Waals surface area contributed by atoms with Crippen molar-refractivity contribution in [1.29, 1.82) is 0 Å². The Bertz CT molecular complexity index is 1390. The molecule has 4 heterocycles. The first-order chi connectivity index (χ1) is 17.0. The maximum atomic E-state index is 13.3. The normalized spacial score (nSPS) is 17.1. The van der Waals surface area contributed by atoms with Crippen molar-refractivity contribution in [3.05, 3.63) is 48.3 Å². The summed E-state index contributed by atoms with van der Waals surface area (Å²) in [5.74, 6) is 0.243. The molecule has 3 aromatic rings. The Morgan fingerprint density at radius 3 is 2.61 bits per heavy atom. The van der Waals surface area contributed by atoms with Gasteiger partial charge in [0.15, 0.2) is 5.03 Å². The third-order valence-corrected chi connectivity index (χ3v) is 7.71. The highest BCUT2D eigenvalue weighted by Crippen LogP contribution is 2.39. The largest absolute Gasteiger partial charge is 0.477 e. The Kier molecular flexibility index (Phi) is 6.81. The van der Waals surface area contributed by atoms with E-state index in [4.69, 9.17) is 15.5 Å². The SMILES string of the molecule is CCOc1cncc(-c2ccc(C(=O)NS(=O)(=O)c3cccc(N)n3)c(N3CCC(C)C3(C)C)n2)n1. The molecule has 36 heavy (non-hydrogen) atoms. The van der Waals surface area contributed by atoms with Crippen molar-refractivity contribution in [2.24, 2.45) is 5.92 Å². The molecule has 0 aliphatic carbocycles. The van der Waals surface area contributed by atoms with Crippen LogP contribution in [0.5, 0.6) is 5.88 Å². The van der Waals surface area contributed by atoms with Gasteiger partial charge in [0.2, 0.25) is 5.88 Å². The van der Waals surface area contributed by atoms with Crippen molar-refractivity contribution in [2.45, 2.75) is 44.7 Å². The van der Waals surface area contributed by atoms with Crippen molar-refractivity contribution >= 4 is 27.6 Å². The first kappa shape index (κ1) is 25.3. The van der Waals surface area contributed by atoms with E-state index in [1.165, 1.54) is 24.4 Å². The fourth-order valence-corrected chi connectivity index (χ4v) is 5.02. The highest BCUT2D eigenvalue weighted by Gasteiger charge is 2.41. The van der Waals surface area contributed by atoms with Crippen molar-refractivity contribution in [3.63, 3.8) is 0 Å². The van der Waals surface area contributed by atoms with Crippen LogP contribution < -0.4 is 20.1 Å². The van der Waals surface area contributed by atoms with Crippen molar-refractivity contribution in [3.8, 4) is 17.3 Å². The molecule has 1 aliphatic heterocycles. The number of hydrogen-bond donors (Lipinski definition) is 2. The van der Waals surface area contributed by atoms with Gasteiger partial charge in [0.25, 0.3) is 15.9 Å². The molecule has 4 rings (SSSR count). The van der Waals surface area contributed by atoms with Gasteiger partial charge in [0.05, 0.1) is 30.3 Å². The highest BCUT2D eigenvalue weighted by atomic mass is 32.2. The third kappa shape index (κ3) is 4.94. The van der Waals surface area contributed by atoms with E-state index in [-0.39, 0.29) is 21.9 Å². The summed E-state index contributed by atoms with van der Waals surface area (Å²) in [6, 6.07) is 7.33. The monoisotopic (exact) mass is 511 g/mol. The lowest BCUT2D eigenvalue weighted by molar-refractivity contribution is 0.0981. The van der Waals surface area contributed by atoms with E-state index in [0.717, 1.165) is 6.42 Å². The quantitative estimate of drug-likeness (QED) is 0.484. The van der Waals surface area contributed by atoms with E-state index < -0.39 is 15.9 Å². The average Bonchev–Trinajstić information content (AvgIpc) is 3.10. The molecule has 3 aromatic heterocycles. The molecule has 0 saturated carbocycles. The van der Waals surface area contributed by atoms with Crippen LogP contribution in [0.15, 0.2) is 47.8 Å². The number of anilines is 2. The van der Waals surface area contributed by atoms with Gasteiger partial charge in [-0.15, -0.1) is 0 Å². The minimum absolute atomic E-state index is 0.0280. The van der Waals surface area contributed by atoms with Crippen LogP contribution in [0, 0.1) is 5.92 Å². The van der Waals surface area contributed by atoms with Crippen LogP contribution in [0.2, 0.25) is 0 Å². The lowest BCUT2D eigenvalue weighted by atomic mass is 9.90. The predicted octanol–water partition coefficient (Wildman–Crippen LogP) is 2.66. The van der Waals surface area contributed by atoms with Crippen LogP contribution in [0.25, 0.3) is 11.4 Å². The standard InChI is InChI=1S/C24H29N7O4S/c1-5-35-20-14-26-13-18(27-20)17-10-9-16(22(28-17)31-12-11-15(2)24(31,3)4)23(32)30-36(33,34)21-8-6-7-19(25)29-21/h6-10,13-15H,5,11-12H2,1-4H3,(H2,25,29)(H,30,32). The second-order valence-corrected chi connectivity index (χ2v) is 10.7. The summed E-state index contributed by atoms with van der Waals surface area (Å²) in [4.78, 5) is 32.6. The Morgan fingerprint density at radius 2 is 1.94 bits per heavy atom. The van der Waals surface area contributed by atoms with E-state index >= 15 is 0 Å². The third-order valence-electron chi connectivity index (χ3n) is 6.48. The summed E-state index contributed by atoms with van der Waals surface area (Å²) < 4.78 is 33.3. The maximum Gasteiger partial charge on any atom is 0.281 e. The van der Waals surface area contributed by atoms with Crippen LogP contribution in [-0.2, 0) is 10.0 Å². The molecule has 11 nitrogen and oxygen atoms in total. The van der Waals surface area contributed by atoms with Gasteiger partial charge < -0.3 is 15.4 Å². The summed E-state index contributed by atoms with van der Waals surface area (Å²) in [6.45, 7) is 9.22. The van der Waals surface area contributed by atoms with E-state index in [0.29, 0.717) is 42.2 Å². The molecule has 1 fully saturated rings. The van der Waals surface area contributed by atoms with Gasteiger partial charge in [0, 0.05) is 12.1 Å². The number of aromatic nitrogens is 4. The summed E-state index contributed by atoms with van der Waals surface area (Å²) in [7, 11) is -4.26. The fraction of sp³-hybridized carbons (Fsp3) is 0.375. The predicted molar refractivity (Wildman–Crippen MR) is 135 cm³/mol. The van der Waals surface area contributed by atoms with Gasteiger partial charge in [-0.3, -0.25) is 9.78 Å². The van der Waals surface area contributed by atoms with Crippen molar-refractivity contribution in [1.82, 2.24) is 24.7 Å². The highest BCUT2D eigenvalue weighted by molar-refractivity contribution is 7.90. The van der Waals surface area contributed by atoms with Crippen LogP contribution in [0.1, 0.15) is 44.5 Å². The number of sulfonamides is 1. The first-order valence-electron chi connectivity index (χ1n) is 11.6. The number of carbonyl (C=O) groups is 1. The smallest absolute Gasteiger partial charge is 0.281 e. The minimum atomic E-state index is -4.26. The molecule has 0 radical (unpaired) electrons. The van der Waals surface area contributed by atoms with Crippen LogP contribution >= 0.6 is 0 Å². The second kappa shape index (κ2) is 9.69. The molecule has 1 saturated heterocycles.